The van der Waals surface area contributed by atoms with Gasteiger partial charge in [0, 0.05) is 44.2 Å². The van der Waals surface area contributed by atoms with Crippen LogP contribution in [0.2, 0.25) is 0 Å². The van der Waals surface area contributed by atoms with Crippen LogP contribution in [0, 0.1) is 23.8 Å². The molecule has 0 bridgehead atoms. The Morgan fingerprint density at radius 3 is 2.24 bits per heavy atom. The van der Waals surface area contributed by atoms with E-state index in [4.69, 9.17) is 4.98 Å². The van der Waals surface area contributed by atoms with E-state index >= 15 is 0 Å². The molecule has 3 saturated carbocycles. The Bertz CT molecular complexity index is 1580. The van der Waals surface area contributed by atoms with Gasteiger partial charge in [0.15, 0.2) is 5.78 Å². The number of pyridine rings is 1. The third kappa shape index (κ3) is 8.55. The van der Waals surface area contributed by atoms with Gasteiger partial charge >= 0.3 is 0 Å². The van der Waals surface area contributed by atoms with Gasteiger partial charge in [-0.05, 0) is 91.3 Å². The van der Waals surface area contributed by atoms with Gasteiger partial charge in [0.2, 0.25) is 0 Å². The Balaban J connectivity index is 0.000000241. The van der Waals surface area contributed by atoms with Gasteiger partial charge in [0.1, 0.15) is 0 Å². The Morgan fingerprint density at radius 2 is 1.52 bits per heavy atom. The number of ketones is 1. The van der Waals surface area contributed by atoms with Gasteiger partial charge in [0.25, 0.3) is 0 Å². The zero-order valence-corrected chi connectivity index (χ0v) is 29.2. The van der Waals surface area contributed by atoms with Gasteiger partial charge in [-0.1, -0.05) is 101 Å². The van der Waals surface area contributed by atoms with E-state index in [1.54, 1.807) is 0 Å². The molecule has 1 N–H and O–H groups in total. The SMILES string of the molecule is C.CCCC1CCC(c2ccc3ccnc(-c4[c-]ccc5ccccc45)c3c2)CC1.O=C(C=C(O)C1CCCC1)C1CCCC1.[Ir]. The number of nitrogens with zero attached hydrogens (tertiary/aromatic N) is 1. The number of hydrogen-bond acceptors (Lipinski definition) is 3. The van der Waals surface area contributed by atoms with Gasteiger partial charge in [-0.25, -0.2) is 0 Å². The molecule has 0 unspecified atom stereocenters. The van der Waals surface area contributed by atoms with Crippen molar-refractivity contribution in [3.63, 3.8) is 0 Å². The van der Waals surface area contributed by atoms with Crippen LogP contribution < -0.4 is 0 Å². The molecule has 0 aliphatic heterocycles. The summed E-state index contributed by atoms with van der Waals surface area (Å²) in [5, 5.41) is 14.8. The number of hydrogen-bond donors (Lipinski definition) is 1. The quantitative estimate of drug-likeness (QED) is 0.115. The van der Waals surface area contributed by atoms with Crippen LogP contribution in [0.4, 0.5) is 0 Å². The second kappa shape index (κ2) is 17.4. The van der Waals surface area contributed by atoms with Crippen molar-refractivity contribution >= 4 is 27.3 Å². The molecule has 0 saturated heterocycles. The summed E-state index contributed by atoms with van der Waals surface area (Å²) < 4.78 is 0. The van der Waals surface area contributed by atoms with Crippen molar-refractivity contribution in [1.82, 2.24) is 4.98 Å². The van der Waals surface area contributed by atoms with Crippen LogP contribution in [0.15, 0.2) is 78.7 Å². The normalized spacial score (nSPS) is 20.5. The van der Waals surface area contributed by atoms with Crippen molar-refractivity contribution in [2.24, 2.45) is 17.8 Å². The fraction of sp³-hybridized carbons (Fsp3) is 0.476. The van der Waals surface area contributed by atoms with Crippen molar-refractivity contribution in [1.29, 1.82) is 0 Å². The van der Waals surface area contributed by atoms with Crippen LogP contribution >= 0.6 is 0 Å². The molecule has 0 amide bonds. The summed E-state index contributed by atoms with van der Waals surface area (Å²) in [6, 6.07) is 25.4. The Hall–Kier alpha value is -2.81. The van der Waals surface area contributed by atoms with Gasteiger partial charge in [-0.2, -0.15) is 0 Å². The molecule has 46 heavy (non-hydrogen) atoms. The van der Waals surface area contributed by atoms with E-state index in [0.717, 1.165) is 42.9 Å². The largest absolute Gasteiger partial charge is 0.512 e. The minimum absolute atomic E-state index is 0. The average molecular weight is 795 g/mol. The van der Waals surface area contributed by atoms with E-state index in [0.29, 0.717) is 11.7 Å². The number of fused-ring (bicyclic) bond motifs is 2. The third-order valence-electron chi connectivity index (χ3n) is 10.6. The van der Waals surface area contributed by atoms with Crippen molar-refractivity contribution in [2.75, 3.05) is 0 Å². The number of aliphatic hydroxyl groups is 1. The molecular formula is C42H52IrNO2-. The first-order chi connectivity index (χ1) is 21.6. The molecule has 3 nitrogen and oxygen atoms in total. The first-order valence-electron chi connectivity index (χ1n) is 17.3. The first-order valence-corrected chi connectivity index (χ1v) is 17.3. The average Bonchev–Trinajstić information content (AvgIpc) is 3.81. The molecule has 0 spiro atoms. The Labute approximate surface area is 290 Å². The van der Waals surface area contributed by atoms with Crippen LogP contribution in [-0.2, 0) is 24.9 Å². The van der Waals surface area contributed by atoms with Gasteiger partial charge in [-0.3, -0.25) is 4.79 Å². The summed E-state index contributed by atoms with van der Waals surface area (Å²) in [6.07, 6.45) is 20.5. The molecule has 247 valence electrons. The molecule has 7 rings (SSSR count). The van der Waals surface area contributed by atoms with Crippen LogP contribution in [0.1, 0.15) is 116 Å². The number of aliphatic hydroxyl groups excluding tert-OH is 1. The fourth-order valence-corrected chi connectivity index (χ4v) is 8.00. The topological polar surface area (TPSA) is 50.2 Å². The number of allylic oxidation sites excluding steroid dienone is 2. The van der Waals surface area contributed by atoms with Crippen LogP contribution in [0.5, 0.6) is 0 Å². The molecule has 3 aliphatic rings. The molecular weight excluding hydrogens is 743 g/mol. The molecule has 3 aromatic carbocycles. The van der Waals surface area contributed by atoms with Crippen molar-refractivity contribution in [2.45, 2.75) is 110 Å². The summed E-state index contributed by atoms with van der Waals surface area (Å²) in [7, 11) is 0. The second-order valence-electron chi connectivity index (χ2n) is 13.5. The van der Waals surface area contributed by atoms with Crippen LogP contribution in [-0.4, -0.2) is 15.9 Å². The Morgan fingerprint density at radius 1 is 0.848 bits per heavy atom. The minimum atomic E-state index is 0. The van der Waals surface area contributed by atoms with Crippen molar-refractivity contribution in [3.8, 4) is 11.3 Å². The maximum atomic E-state index is 11.8. The monoisotopic (exact) mass is 795 g/mol. The fourth-order valence-electron chi connectivity index (χ4n) is 8.00. The zero-order chi connectivity index (χ0) is 30.3. The minimum Gasteiger partial charge on any atom is -0.512 e. The molecule has 1 heterocycles. The maximum Gasteiger partial charge on any atom is 0.162 e. The van der Waals surface area contributed by atoms with Crippen molar-refractivity contribution in [3.05, 3.63) is 90.3 Å². The molecule has 1 aromatic heterocycles. The number of benzene rings is 3. The van der Waals surface area contributed by atoms with E-state index in [-0.39, 0.29) is 45.2 Å². The van der Waals surface area contributed by atoms with Crippen molar-refractivity contribution < 1.29 is 30.0 Å². The summed E-state index contributed by atoms with van der Waals surface area (Å²) in [5.41, 5.74) is 3.65. The smallest absolute Gasteiger partial charge is 0.162 e. The first kappa shape index (κ1) is 36.0. The second-order valence-corrected chi connectivity index (χ2v) is 13.5. The molecule has 4 heteroatoms. The molecule has 4 aromatic rings. The number of carbonyl (C=O) groups excluding carboxylic acids is 1. The number of aromatic nitrogens is 1. The summed E-state index contributed by atoms with van der Waals surface area (Å²) in [6.45, 7) is 2.31. The Kier molecular flexibility index (Phi) is 13.6. The third-order valence-corrected chi connectivity index (χ3v) is 10.6. The van der Waals surface area contributed by atoms with E-state index in [1.165, 1.54) is 97.4 Å². The van der Waals surface area contributed by atoms with E-state index < -0.39 is 0 Å². The van der Waals surface area contributed by atoms with Gasteiger partial charge in [0.05, 0.1) is 5.76 Å². The number of rotatable bonds is 7. The molecule has 3 aliphatic carbocycles. The van der Waals surface area contributed by atoms with E-state index in [2.05, 4.69) is 67.6 Å². The van der Waals surface area contributed by atoms with E-state index in [1.807, 2.05) is 12.3 Å². The predicted molar refractivity (Wildman–Crippen MR) is 189 cm³/mol. The molecule has 0 atom stereocenters. The number of carbonyl (C=O) groups is 1. The summed E-state index contributed by atoms with van der Waals surface area (Å²) >= 11 is 0. The van der Waals surface area contributed by atoms with E-state index in [9.17, 15) is 9.90 Å². The van der Waals surface area contributed by atoms with Crippen LogP contribution in [0.3, 0.4) is 0 Å². The maximum absolute atomic E-state index is 11.8. The standard InChI is InChI=1S/C28H28N.C13H20O2.CH4.Ir/c1-2-6-20-11-13-21(14-12-20)24-16-15-23-17-18-29-28(27(23)19-24)26-10-5-8-22-7-3-4-9-25(22)26;14-12(10-5-1-2-6-10)9-13(15)11-7-3-4-8-11;;/h3-5,7-9,15-21H,2,6,11-14H2,1H3;9-11,14H,1-8H2;1H4;/q-1;;;. The molecule has 3 fully saturated rings. The van der Waals surface area contributed by atoms with Gasteiger partial charge in [-0.15, -0.1) is 29.1 Å². The molecule has 1 radical (unpaired) electrons. The zero-order valence-electron chi connectivity index (χ0n) is 26.8. The summed E-state index contributed by atoms with van der Waals surface area (Å²) in [5.74, 6) is 2.63. The van der Waals surface area contributed by atoms with Gasteiger partial charge < -0.3 is 10.1 Å². The van der Waals surface area contributed by atoms with Crippen LogP contribution in [0.25, 0.3) is 32.8 Å². The summed E-state index contributed by atoms with van der Waals surface area (Å²) in [4.78, 5) is 16.6. The predicted octanol–water partition coefficient (Wildman–Crippen LogP) is 11.9.